The van der Waals surface area contributed by atoms with Crippen molar-refractivity contribution >= 4 is 0 Å². The summed E-state index contributed by atoms with van der Waals surface area (Å²) in [5, 5.41) is 11.9. The van der Waals surface area contributed by atoms with Crippen LogP contribution in [0.3, 0.4) is 0 Å². The lowest BCUT2D eigenvalue weighted by Gasteiger charge is -2.17. The van der Waals surface area contributed by atoms with E-state index in [0.29, 0.717) is 6.04 Å². The van der Waals surface area contributed by atoms with Crippen LogP contribution in [-0.4, -0.2) is 31.6 Å². The van der Waals surface area contributed by atoms with Crippen LogP contribution >= 0.6 is 0 Å². The van der Waals surface area contributed by atoms with E-state index in [1.54, 1.807) is 6.33 Å². The maximum Gasteiger partial charge on any atom is 0.138 e. The van der Waals surface area contributed by atoms with Crippen LogP contribution in [-0.2, 0) is 13.5 Å². The first-order valence-corrected chi connectivity index (χ1v) is 6.58. The SMILES string of the molecule is CNC(Cc1ncnn1C(C)C)c1cnn(C)c1C. The molecule has 0 saturated carbocycles. The summed E-state index contributed by atoms with van der Waals surface area (Å²) in [5.74, 6) is 0.998. The first kappa shape index (κ1) is 13.7. The van der Waals surface area contributed by atoms with Gasteiger partial charge >= 0.3 is 0 Å². The van der Waals surface area contributed by atoms with Gasteiger partial charge in [0.2, 0.25) is 0 Å². The fourth-order valence-corrected chi connectivity index (χ4v) is 2.26. The fourth-order valence-electron chi connectivity index (χ4n) is 2.26. The largest absolute Gasteiger partial charge is 0.313 e. The molecule has 0 aliphatic carbocycles. The summed E-state index contributed by atoms with van der Waals surface area (Å²) in [6.07, 6.45) is 4.35. The lowest BCUT2D eigenvalue weighted by molar-refractivity contribution is 0.477. The quantitative estimate of drug-likeness (QED) is 0.885. The second-order valence-electron chi connectivity index (χ2n) is 5.07. The Bertz CT molecular complexity index is 539. The minimum absolute atomic E-state index is 0.204. The van der Waals surface area contributed by atoms with Gasteiger partial charge in [-0.05, 0) is 27.8 Å². The number of likely N-dealkylation sites (N-methyl/N-ethyl adjacent to an activating group) is 1. The average Bonchev–Trinajstić information content (AvgIpc) is 2.96. The molecule has 0 radical (unpaired) electrons. The molecule has 1 N–H and O–H groups in total. The van der Waals surface area contributed by atoms with E-state index in [1.807, 2.05) is 29.7 Å². The van der Waals surface area contributed by atoms with E-state index in [0.717, 1.165) is 12.2 Å². The number of hydrogen-bond acceptors (Lipinski definition) is 4. The molecule has 0 aromatic carbocycles. The van der Waals surface area contributed by atoms with Crippen molar-refractivity contribution in [2.75, 3.05) is 7.05 Å². The van der Waals surface area contributed by atoms with Crippen LogP contribution in [0.4, 0.5) is 0 Å². The molecule has 0 bridgehead atoms. The summed E-state index contributed by atoms with van der Waals surface area (Å²) in [4.78, 5) is 4.37. The topological polar surface area (TPSA) is 60.6 Å². The maximum atomic E-state index is 4.37. The lowest BCUT2D eigenvalue weighted by Crippen LogP contribution is -2.22. The summed E-state index contributed by atoms with van der Waals surface area (Å²) < 4.78 is 3.86. The second kappa shape index (κ2) is 5.52. The van der Waals surface area contributed by atoms with Crippen LogP contribution in [0.5, 0.6) is 0 Å². The number of aromatic nitrogens is 5. The Labute approximate surface area is 113 Å². The van der Waals surface area contributed by atoms with Gasteiger partial charge in [-0.2, -0.15) is 10.2 Å². The van der Waals surface area contributed by atoms with Gasteiger partial charge < -0.3 is 5.32 Å². The van der Waals surface area contributed by atoms with Gasteiger partial charge in [0.15, 0.2) is 0 Å². The lowest BCUT2D eigenvalue weighted by atomic mass is 10.0. The minimum Gasteiger partial charge on any atom is -0.313 e. The van der Waals surface area contributed by atoms with Crippen molar-refractivity contribution in [1.82, 2.24) is 29.9 Å². The number of nitrogens with one attached hydrogen (secondary N) is 1. The van der Waals surface area contributed by atoms with Gasteiger partial charge in [0.05, 0.1) is 6.20 Å². The highest BCUT2D eigenvalue weighted by atomic mass is 15.3. The molecule has 2 rings (SSSR count). The Balaban J connectivity index is 2.24. The van der Waals surface area contributed by atoms with Gasteiger partial charge in [0.25, 0.3) is 0 Å². The van der Waals surface area contributed by atoms with Gasteiger partial charge in [-0.3, -0.25) is 4.68 Å². The molecule has 2 heterocycles. The Morgan fingerprint density at radius 1 is 1.32 bits per heavy atom. The van der Waals surface area contributed by atoms with E-state index in [9.17, 15) is 0 Å². The molecule has 0 aliphatic rings. The molecule has 1 unspecified atom stereocenters. The van der Waals surface area contributed by atoms with Gasteiger partial charge in [-0.25, -0.2) is 9.67 Å². The predicted molar refractivity (Wildman–Crippen MR) is 73.9 cm³/mol. The van der Waals surface area contributed by atoms with E-state index in [2.05, 4.69) is 41.3 Å². The average molecular weight is 262 g/mol. The van der Waals surface area contributed by atoms with Crippen LogP contribution in [0.25, 0.3) is 0 Å². The summed E-state index contributed by atoms with van der Waals surface area (Å²) in [6, 6.07) is 0.528. The van der Waals surface area contributed by atoms with Gasteiger partial charge in [-0.1, -0.05) is 0 Å². The van der Waals surface area contributed by atoms with Gasteiger partial charge in [0, 0.05) is 36.8 Å². The Morgan fingerprint density at radius 2 is 2.05 bits per heavy atom. The monoisotopic (exact) mass is 262 g/mol. The Morgan fingerprint density at radius 3 is 2.58 bits per heavy atom. The highest BCUT2D eigenvalue weighted by Gasteiger charge is 2.19. The normalized spacial score (nSPS) is 13.2. The molecule has 1 atom stereocenters. The molecule has 0 aliphatic heterocycles. The van der Waals surface area contributed by atoms with Crippen LogP contribution in [0.1, 0.15) is 43.0 Å². The first-order chi connectivity index (χ1) is 9.04. The Kier molecular flexibility index (Phi) is 3.99. The highest BCUT2D eigenvalue weighted by Crippen LogP contribution is 2.21. The van der Waals surface area contributed by atoms with Gasteiger partial charge in [-0.15, -0.1) is 0 Å². The molecule has 104 valence electrons. The number of rotatable bonds is 5. The third kappa shape index (κ3) is 2.68. The molecule has 6 nitrogen and oxygen atoms in total. The van der Waals surface area contributed by atoms with E-state index in [1.165, 1.54) is 11.3 Å². The van der Waals surface area contributed by atoms with Crippen LogP contribution in [0, 0.1) is 6.92 Å². The molecule has 2 aromatic heterocycles. The van der Waals surface area contributed by atoms with Crippen molar-refractivity contribution in [2.45, 2.75) is 39.3 Å². The van der Waals surface area contributed by atoms with E-state index >= 15 is 0 Å². The molecule has 0 saturated heterocycles. The fraction of sp³-hybridized carbons (Fsp3) is 0.615. The van der Waals surface area contributed by atoms with Crippen molar-refractivity contribution in [2.24, 2.45) is 7.05 Å². The van der Waals surface area contributed by atoms with Crippen molar-refractivity contribution < 1.29 is 0 Å². The predicted octanol–water partition coefficient (Wildman–Crippen LogP) is 1.40. The zero-order valence-corrected chi connectivity index (χ0v) is 12.3. The zero-order valence-electron chi connectivity index (χ0n) is 12.3. The molecule has 19 heavy (non-hydrogen) atoms. The molecular formula is C13H22N6. The molecule has 6 heteroatoms. The summed E-state index contributed by atoms with van der Waals surface area (Å²) >= 11 is 0. The molecule has 0 spiro atoms. The van der Waals surface area contributed by atoms with Crippen LogP contribution in [0.2, 0.25) is 0 Å². The van der Waals surface area contributed by atoms with Crippen LogP contribution in [0.15, 0.2) is 12.5 Å². The number of hydrogen-bond donors (Lipinski definition) is 1. The Hall–Kier alpha value is -1.69. The third-order valence-corrected chi connectivity index (χ3v) is 3.52. The van der Waals surface area contributed by atoms with Crippen LogP contribution < -0.4 is 5.32 Å². The smallest absolute Gasteiger partial charge is 0.138 e. The van der Waals surface area contributed by atoms with Crippen molar-refractivity contribution in [1.29, 1.82) is 0 Å². The van der Waals surface area contributed by atoms with Crippen molar-refractivity contribution in [3.05, 3.63) is 29.6 Å². The summed E-state index contributed by atoms with van der Waals surface area (Å²) in [5.41, 5.74) is 2.39. The second-order valence-corrected chi connectivity index (χ2v) is 5.07. The molecular weight excluding hydrogens is 240 g/mol. The third-order valence-electron chi connectivity index (χ3n) is 3.52. The standard InChI is InChI=1S/C13H22N6/c1-9(2)19-13(15-8-17-19)6-12(14-4)11-7-16-18(5)10(11)3/h7-9,12,14H,6H2,1-5H3. The van der Waals surface area contributed by atoms with E-state index in [4.69, 9.17) is 0 Å². The molecule has 0 fully saturated rings. The summed E-state index contributed by atoms with van der Waals surface area (Å²) in [6.45, 7) is 6.31. The van der Waals surface area contributed by atoms with Gasteiger partial charge in [0.1, 0.15) is 12.2 Å². The number of aryl methyl sites for hydroxylation is 1. The molecule has 2 aromatic rings. The first-order valence-electron chi connectivity index (χ1n) is 6.58. The number of nitrogens with zero attached hydrogens (tertiary/aromatic N) is 5. The minimum atomic E-state index is 0.204. The zero-order chi connectivity index (χ0) is 14.0. The maximum absolute atomic E-state index is 4.37. The van der Waals surface area contributed by atoms with Crippen molar-refractivity contribution in [3.8, 4) is 0 Å². The van der Waals surface area contributed by atoms with E-state index < -0.39 is 0 Å². The summed E-state index contributed by atoms with van der Waals surface area (Å²) in [7, 11) is 3.93. The molecule has 0 amide bonds. The van der Waals surface area contributed by atoms with E-state index in [-0.39, 0.29) is 6.04 Å². The highest BCUT2D eigenvalue weighted by molar-refractivity contribution is 5.21. The van der Waals surface area contributed by atoms with Crippen molar-refractivity contribution in [3.63, 3.8) is 0 Å².